The third kappa shape index (κ3) is 4.00. The fourth-order valence-corrected chi connectivity index (χ4v) is 4.10. The van der Waals surface area contributed by atoms with E-state index < -0.39 is 0 Å². The number of amides is 1. The Labute approximate surface area is 171 Å². The van der Waals surface area contributed by atoms with Crippen molar-refractivity contribution in [3.05, 3.63) is 59.8 Å². The van der Waals surface area contributed by atoms with Crippen molar-refractivity contribution in [1.29, 1.82) is 0 Å². The van der Waals surface area contributed by atoms with Crippen LogP contribution < -0.4 is 0 Å². The molecule has 0 N–H and O–H groups in total. The summed E-state index contributed by atoms with van der Waals surface area (Å²) in [6, 6.07) is 4.04. The molecular weight excluding hydrogens is 364 g/mol. The van der Waals surface area contributed by atoms with Crippen molar-refractivity contribution in [1.82, 2.24) is 29.4 Å². The Morgan fingerprint density at radius 2 is 2.07 bits per heavy atom. The highest BCUT2D eigenvalue weighted by atomic mass is 16.2. The maximum absolute atomic E-state index is 13.4. The number of hydrogen-bond acceptors (Lipinski definition) is 5. The van der Waals surface area contributed by atoms with Crippen LogP contribution in [-0.4, -0.2) is 54.9 Å². The van der Waals surface area contributed by atoms with Crippen molar-refractivity contribution >= 4 is 11.6 Å². The Balaban J connectivity index is 1.61. The molecule has 4 rings (SSSR count). The van der Waals surface area contributed by atoms with E-state index in [0.717, 1.165) is 56.6 Å². The lowest BCUT2D eigenvalue weighted by Gasteiger charge is -2.35. The molecular formula is C22H28N6O. The second-order valence-electron chi connectivity index (χ2n) is 7.55. The number of fused-ring (bicyclic) bond motifs is 1. The molecule has 1 atom stereocenters. The molecule has 0 saturated carbocycles. The van der Waals surface area contributed by atoms with Gasteiger partial charge in [0.15, 0.2) is 5.65 Å². The number of piperidine rings is 1. The SMILES string of the molecule is CCN(CC)Cc1cnc2c(C(=O)N3CCCC[C@H]3c3cccnc3)cnn2c1. The summed E-state index contributed by atoms with van der Waals surface area (Å²) in [6.45, 7) is 7.85. The van der Waals surface area contributed by atoms with Gasteiger partial charge in [-0.05, 0) is 44.0 Å². The van der Waals surface area contributed by atoms with Gasteiger partial charge in [0.2, 0.25) is 0 Å². The van der Waals surface area contributed by atoms with Crippen LogP contribution in [0.25, 0.3) is 5.65 Å². The summed E-state index contributed by atoms with van der Waals surface area (Å²) in [5, 5.41) is 4.43. The van der Waals surface area contributed by atoms with Gasteiger partial charge in [-0.1, -0.05) is 19.9 Å². The van der Waals surface area contributed by atoms with E-state index >= 15 is 0 Å². The van der Waals surface area contributed by atoms with Gasteiger partial charge < -0.3 is 4.90 Å². The molecule has 0 aliphatic carbocycles. The largest absolute Gasteiger partial charge is 0.331 e. The molecule has 3 aromatic heterocycles. The van der Waals surface area contributed by atoms with Crippen LogP contribution in [0.2, 0.25) is 0 Å². The first-order chi connectivity index (χ1) is 14.2. The summed E-state index contributed by atoms with van der Waals surface area (Å²) in [6.07, 6.45) is 12.2. The van der Waals surface area contributed by atoms with E-state index in [0.29, 0.717) is 11.2 Å². The third-order valence-electron chi connectivity index (χ3n) is 5.77. The smallest absolute Gasteiger partial charge is 0.259 e. The molecule has 7 nitrogen and oxygen atoms in total. The fraction of sp³-hybridized carbons (Fsp3) is 0.455. The summed E-state index contributed by atoms with van der Waals surface area (Å²) in [4.78, 5) is 26.5. The first-order valence-corrected chi connectivity index (χ1v) is 10.5. The van der Waals surface area contributed by atoms with Crippen LogP contribution in [0, 0.1) is 0 Å². The normalized spacial score (nSPS) is 17.2. The molecule has 0 unspecified atom stereocenters. The monoisotopic (exact) mass is 392 g/mol. The number of hydrogen-bond donors (Lipinski definition) is 0. The number of carbonyl (C=O) groups is 1. The number of aromatic nitrogens is 4. The molecule has 152 valence electrons. The number of rotatable bonds is 6. The average Bonchev–Trinajstić information content (AvgIpc) is 3.21. The van der Waals surface area contributed by atoms with Crippen LogP contribution in [0.5, 0.6) is 0 Å². The van der Waals surface area contributed by atoms with Gasteiger partial charge in [0.1, 0.15) is 5.56 Å². The van der Waals surface area contributed by atoms with Gasteiger partial charge in [0.05, 0.1) is 12.2 Å². The van der Waals surface area contributed by atoms with Gasteiger partial charge in [-0.3, -0.25) is 14.7 Å². The minimum Gasteiger partial charge on any atom is -0.331 e. The zero-order valence-corrected chi connectivity index (χ0v) is 17.2. The first-order valence-electron chi connectivity index (χ1n) is 10.5. The van der Waals surface area contributed by atoms with Crippen LogP contribution >= 0.6 is 0 Å². The van der Waals surface area contributed by atoms with Crippen molar-refractivity contribution in [3.8, 4) is 0 Å². The summed E-state index contributed by atoms with van der Waals surface area (Å²) in [7, 11) is 0. The van der Waals surface area contributed by atoms with Gasteiger partial charge in [0.25, 0.3) is 5.91 Å². The number of likely N-dealkylation sites (tertiary alicyclic amines) is 1. The molecule has 0 aromatic carbocycles. The van der Waals surface area contributed by atoms with Gasteiger partial charge >= 0.3 is 0 Å². The Bertz CT molecular complexity index is 966. The van der Waals surface area contributed by atoms with E-state index in [-0.39, 0.29) is 11.9 Å². The van der Waals surface area contributed by atoms with Crippen molar-refractivity contribution in [2.24, 2.45) is 0 Å². The van der Waals surface area contributed by atoms with Crippen LogP contribution in [0.1, 0.15) is 60.6 Å². The highest BCUT2D eigenvalue weighted by Crippen LogP contribution is 2.32. The maximum atomic E-state index is 13.4. The molecule has 0 radical (unpaired) electrons. The standard InChI is InChI=1S/C22H28N6O/c1-3-26(4-2)15-17-12-24-21-19(14-25-28(21)16-17)22(29)27-11-6-5-9-20(27)18-8-7-10-23-13-18/h7-8,10,12-14,16,20H,3-6,9,11,15H2,1-2H3/t20-/m0/s1. The molecule has 29 heavy (non-hydrogen) atoms. The molecule has 1 aliphatic heterocycles. The maximum Gasteiger partial charge on any atom is 0.259 e. The van der Waals surface area contributed by atoms with Crippen LogP contribution in [0.4, 0.5) is 0 Å². The van der Waals surface area contributed by atoms with E-state index in [9.17, 15) is 4.79 Å². The molecule has 1 fully saturated rings. The van der Waals surface area contributed by atoms with Gasteiger partial charge in [-0.25, -0.2) is 9.50 Å². The summed E-state index contributed by atoms with van der Waals surface area (Å²) in [5.74, 6) is -0.00227. The Morgan fingerprint density at radius 1 is 1.21 bits per heavy atom. The number of nitrogens with zero attached hydrogens (tertiary/aromatic N) is 6. The minimum atomic E-state index is -0.00227. The van der Waals surface area contributed by atoms with Crippen LogP contribution in [-0.2, 0) is 6.54 Å². The fourth-order valence-electron chi connectivity index (χ4n) is 4.10. The van der Waals surface area contributed by atoms with Gasteiger partial charge in [-0.15, -0.1) is 0 Å². The van der Waals surface area contributed by atoms with Crippen molar-refractivity contribution in [2.45, 2.75) is 45.7 Å². The third-order valence-corrected chi connectivity index (χ3v) is 5.77. The lowest BCUT2D eigenvalue weighted by Crippen LogP contribution is -2.38. The van der Waals surface area contributed by atoms with Gasteiger partial charge in [0, 0.05) is 43.4 Å². The second-order valence-corrected chi connectivity index (χ2v) is 7.55. The Kier molecular flexibility index (Phi) is 5.85. The summed E-state index contributed by atoms with van der Waals surface area (Å²) >= 11 is 0. The lowest BCUT2D eigenvalue weighted by molar-refractivity contribution is 0.0613. The summed E-state index contributed by atoms with van der Waals surface area (Å²) in [5.41, 5.74) is 3.37. The van der Waals surface area contributed by atoms with Gasteiger partial charge in [-0.2, -0.15) is 5.10 Å². The molecule has 1 amide bonds. The van der Waals surface area contributed by atoms with E-state index in [4.69, 9.17) is 0 Å². The molecule has 0 bridgehead atoms. The van der Waals surface area contributed by atoms with E-state index in [1.165, 1.54) is 0 Å². The molecule has 1 aliphatic rings. The summed E-state index contributed by atoms with van der Waals surface area (Å²) < 4.78 is 1.73. The average molecular weight is 393 g/mol. The predicted octanol–water partition coefficient (Wildman–Crippen LogP) is 3.33. The topological polar surface area (TPSA) is 66.6 Å². The van der Waals surface area contributed by atoms with E-state index in [1.54, 1.807) is 16.9 Å². The molecule has 0 spiro atoms. The molecule has 4 heterocycles. The van der Waals surface area contributed by atoms with E-state index in [1.807, 2.05) is 29.6 Å². The molecule has 3 aromatic rings. The number of carbonyl (C=O) groups excluding carboxylic acids is 1. The second kappa shape index (κ2) is 8.69. The van der Waals surface area contributed by atoms with Crippen LogP contribution in [0.3, 0.4) is 0 Å². The number of pyridine rings is 1. The van der Waals surface area contributed by atoms with Crippen molar-refractivity contribution in [2.75, 3.05) is 19.6 Å². The Hall–Kier alpha value is -2.80. The quantitative estimate of drug-likeness (QED) is 0.644. The van der Waals surface area contributed by atoms with Crippen molar-refractivity contribution in [3.63, 3.8) is 0 Å². The zero-order chi connectivity index (χ0) is 20.2. The van der Waals surface area contributed by atoms with E-state index in [2.05, 4.69) is 39.9 Å². The highest BCUT2D eigenvalue weighted by molar-refractivity contribution is 5.99. The highest BCUT2D eigenvalue weighted by Gasteiger charge is 2.30. The molecule has 1 saturated heterocycles. The zero-order valence-electron chi connectivity index (χ0n) is 17.2. The van der Waals surface area contributed by atoms with Crippen LogP contribution in [0.15, 0.2) is 43.1 Å². The minimum absolute atomic E-state index is 0.00227. The molecule has 7 heteroatoms. The first kappa shape index (κ1) is 19.5. The Morgan fingerprint density at radius 3 is 2.83 bits per heavy atom. The van der Waals surface area contributed by atoms with Crippen molar-refractivity contribution < 1.29 is 4.79 Å². The predicted molar refractivity (Wildman–Crippen MR) is 111 cm³/mol. The lowest BCUT2D eigenvalue weighted by atomic mass is 9.96.